The predicted octanol–water partition coefficient (Wildman–Crippen LogP) is 2.89. The Morgan fingerprint density at radius 1 is 1.12 bits per heavy atom. The Balaban J connectivity index is 2.06. The van der Waals surface area contributed by atoms with Crippen LogP contribution in [0.15, 0.2) is 59.7 Å². The Kier molecular flexibility index (Phi) is 4.00. The third-order valence-corrected chi connectivity index (χ3v) is 3.83. The summed E-state index contributed by atoms with van der Waals surface area (Å²) in [6.45, 7) is 0. The fourth-order valence-electron chi connectivity index (χ4n) is 2.53. The van der Waals surface area contributed by atoms with Crippen LogP contribution in [-0.4, -0.2) is 38.7 Å². The van der Waals surface area contributed by atoms with Crippen molar-refractivity contribution in [3.63, 3.8) is 0 Å². The van der Waals surface area contributed by atoms with E-state index in [0.29, 0.717) is 5.56 Å². The number of hydrogen-bond donors (Lipinski definition) is 2. The number of benzene rings is 2. The molecule has 1 aliphatic heterocycles. The largest absolute Gasteiger partial charge is 0.508 e. The van der Waals surface area contributed by atoms with Crippen LogP contribution in [0, 0.1) is 0 Å². The SMILES string of the molecule is O=C(c1cccc(O)c1)N1N=C(c2ccccc2)C[C@@]1(O)C(F)(F)F. The number of halogens is 3. The number of carbonyl (C=O) groups excluding carboxylic acids is 1. The van der Waals surface area contributed by atoms with E-state index in [-0.39, 0.29) is 22.0 Å². The molecule has 0 aromatic heterocycles. The highest BCUT2D eigenvalue weighted by Gasteiger charge is 2.63. The van der Waals surface area contributed by atoms with Crippen molar-refractivity contribution in [2.24, 2.45) is 5.10 Å². The van der Waals surface area contributed by atoms with Gasteiger partial charge in [-0.3, -0.25) is 4.79 Å². The first-order valence-corrected chi connectivity index (χ1v) is 7.28. The zero-order valence-electron chi connectivity index (χ0n) is 12.7. The Labute approximate surface area is 140 Å². The van der Waals surface area contributed by atoms with Crippen molar-refractivity contribution in [1.29, 1.82) is 0 Å². The zero-order chi connectivity index (χ0) is 18.2. The van der Waals surface area contributed by atoms with Crippen molar-refractivity contribution in [2.45, 2.75) is 18.3 Å². The summed E-state index contributed by atoms with van der Waals surface area (Å²) in [5.74, 6) is -1.45. The summed E-state index contributed by atoms with van der Waals surface area (Å²) in [4.78, 5) is 12.5. The summed E-state index contributed by atoms with van der Waals surface area (Å²) in [5.41, 5.74) is -3.37. The second-order valence-electron chi connectivity index (χ2n) is 5.57. The minimum atomic E-state index is -5.11. The molecule has 0 saturated carbocycles. The van der Waals surface area contributed by atoms with E-state index in [1.165, 1.54) is 30.3 Å². The highest BCUT2D eigenvalue weighted by atomic mass is 19.4. The molecule has 1 aliphatic rings. The minimum Gasteiger partial charge on any atom is -0.508 e. The van der Waals surface area contributed by atoms with Gasteiger partial charge in [-0.05, 0) is 23.8 Å². The monoisotopic (exact) mass is 350 g/mol. The van der Waals surface area contributed by atoms with Gasteiger partial charge in [0.05, 0.1) is 12.1 Å². The molecule has 2 aromatic rings. The molecule has 0 bridgehead atoms. The van der Waals surface area contributed by atoms with Crippen LogP contribution in [-0.2, 0) is 0 Å². The van der Waals surface area contributed by atoms with Gasteiger partial charge in [-0.15, -0.1) is 0 Å². The molecule has 130 valence electrons. The number of phenolic OH excluding ortho intramolecular Hbond substituents is 1. The van der Waals surface area contributed by atoms with Gasteiger partial charge in [-0.25, -0.2) is 0 Å². The summed E-state index contributed by atoms with van der Waals surface area (Å²) >= 11 is 0. The molecule has 25 heavy (non-hydrogen) atoms. The molecule has 0 radical (unpaired) electrons. The number of nitrogens with zero attached hydrogens (tertiary/aromatic N) is 2. The molecule has 1 amide bonds. The third kappa shape index (κ3) is 2.96. The molecule has 0 unspecified atom stereocenters. The Bertz CT molecular complexity index is 837. The van der Waals surface area contributed by atoms with E-state index in [1.54, 1.807) is 18.2 Å². The molecule has 0 spiro atoms. The molecule has 2 N–H and O–H groups in total. The van der Waals surface area contributed by atoms with E-state index in [0.717, 1.165) is 6.07 Å². The van der Waals surface area contributed by atoms with Crippen LogP contribution >= 0.6 is 0 Å². The molecular weight excluding hydrogens is 337 g/mol. The first-order valence-electron chi connectivity index (χ1n) is 7.28. The van der Waals surface area contributed by atoms with Gasteiger partial charge in [0.25, 0.3) is 11.6 Å². The highest BCUT2D eigenvalue weighted by molar-refractivity contribution is 6.05. The highest BCUT2D eigenvalue weighted by Crippen LogP contribution is 2.42. The predicted molar refractivity (Wildman–Crippen MR) is 82.9 cm³/mol. The fourth-order valence-corrected chi connectivity index (χ4v) is 2.53. The third-order valence-electron chi connectivity index (χ3n) is 3.83. The van der Waals surface area contributed by atoms with Gasteiger partial charge in [0.15, 0.2) is 0 Å². The first kappa shape index (κ1) is 17.0. The van der Waals surface area contributed by atoms with Crippen molar-refractivity contribution in [1.82, 2.24) is 5.01 Å². The van der Waals surface area contributed by atoms with Gasteiger partial charge >= 0.3 is 6.18 Å². The average molecular weight is 350 g/mol. The summed E-state index contributed by atoms with van der Waals surface area (Å²) in [7, 11) is 0. The lowest BCUT2D eigenvalue weighted by Gasteiger charge is -2.32. The van der Waals surface area contributed by atoms with E-state index in [9.17, 15) is 28.2 Å². The van der Waals surface area contributed by atoms with Crippen LogP contribution in [0.5, 0.6) is 5.75 Å². The lowest BCUT2D eigenvalue weighted by atomic mass is 10.0. The molecule has 5 nitrogen and oxygen atoms in total. The second-order valence-corrected chi connectivity index (χ2v) is 5.57. The van der Waals surface area contributed by atoms with Gasteiger partial charge in [0.2, 0.25) is 0 Å². The normalized spacial score (nSPS) is 20.5. The molecule has 0 aliphatic carbocycles. The fraction of sp³-hybridized carbons (Fsp3) is 0.176. The number of hydrogen-bond acceptors (Lipinski definition) is 4. The average Bonchev–Trinajstić information content (AvgIpc) is 2.94. The van der Waals surface area contributed by atoms with Crippen LogP contribution < -0.4 is 0 Å². The summed E-state index contributed by atoms with van der Waals surface area (Å²) < 4.78 is 40.4. The minimum absolute atomic E-state index is 0.0319. The summed E-state index contributed by atoms with van der Waals surface area (Å²) in [5, 5.41) is 23.4. The van der Waals surface area contributed by atoms with Crippen molar-refractivity contribution in [3.8, 4) is 5.75 Å². The Hall–Kier alpha value is -2.87. The molecule has 0 saturated heterocycles. The number of aromatic hydroxyl groups is 1. The van der Waals surface area contributed by atoms with Crippen LogP contribution in [0.25, 0.3) is 0 Å². The first-order chi connectivity index (χ1) is 11.7. The van der Waals surface area contributed by atoms with Gasteiger partial charge in [-0.1, -0.05) is 36.4 Å². The number of alkyl halides is 3. The van der Waals surface area contributed by atoms with Gasteiger partial charge in [0.1, 0.15) is 5.75 Å². The molecule has 0 fully saturated rings. The van der Waals surface area contributed by atoms with Crippen molar-refractivity contribution >= 4 is 11.6 Å². The lowest BCUT2D eigenvalue weighted by Crippen LogP contribution is -2.56. The molecular formula is C17H13F3N2O3. The topological polar surface area (TPSA) is 73.1 Å². The van der Waals surface area contributed by atoms with E-state index < -0.39 is 24.2 Å². The van der Waals surface area contributed by atoms with Crippen molar-refractivity contribution in [3.05, 3.63) is 65.7 Å². The standard InChI is InChI=1S/C17H13F3N2O3/c18-17(19,20)16(25)10-14(11-5-2-1-3-6-11)21-22(16)15(24)12-7-4-8-13(23)9-12/h1-9,23,25H,10H2/t16-/m1/s1. The van der Waals surface area contributed by atoms with Crippen molar-refractivity contribution in [2.75, 3.05) is 0 Å². The number of rotatable bonds is 2. The van der Waals surface area contributed by atoms with E-state index in [1.807, 2.05) is 0 Å². The second kappa shape index (κ2) is 5.89. The molecule has 2 aromatic carbocycles. The van der Waals surface area contributed by atoms with E-state index in [4.69, 9.17) is 0 Å². The summed E-state index contributed by atoms with van der Waals surface area (Å²) in [6.07, 6.45) is -6.00. The Morgan fingerprint density at radius 2 is 1.80 bits per heavy atom. The molecule has 8 heteroatoms. The number of phenols is 1. The van der Waals surface area contributed by atoms with Crippen LogP contribution in [0.3, 0.4) is 0 Å². The van der Waals surface area contributed by atoms with Gasteiger partial charge < -0.3 is 10.2 Å². The molecule has 1 heterocycles. The lowest BCUT2D eigenvalue weighted by molar-refractivity contribution is -0.297. The van der Waals surface area contributed by atoms with Crippen LogP contribution in [0.2, 0.25) is 0 Å². The number of amides is 1. The Morgan fingerprint density at radius 3 is 2.40 bits per heavy atom. The van der Waals surface area contributed by atoms with Crippen LogP contribution in [0.4, 0.5) is 13.2 Å². The van der Waals surface area contributed by atoms with E-state index >= 15 is 0 Å². The van der Waals surface area contributed by atoms with Gasteiger partial charge in [-0.2, -0.15) is 23.3 Å². The smallest absolute Gasteiger partial charge is 0.438 e. The number of hydrazone groups is 1. The maximum absolute atomic E-state index is 13.5. The zero-order valence-corrected chi connectivity index (χ0v) is 12.7. The summed E-state index contributed by atoms with van der Waals surface area (Å²) in [6, 6.07) is 12.8. The number of aliphatic hydroxyl groups is 1. The maximum Gasteiger partial charge on any atom is 0.438 e. The molecule has 3 rings (SSSR count). The van der Waals surface area contributed by atoms with Crippen LogP contribution in [0.1, 0.15) is 22.3 Å². The van der Waals surface area contributed by atoms with E-state index in [2.05, 4.69) is 5.10 Å². The number of carbonyl (C=O) groups is 1. The maximum atomic E-state index is 13.5. The van der Waals surface area contributed by atoms with Gasteiger partial charge in [0, 0.05) is 5.56 Å². The molecule has 1 atom stereocenters. The quantitative estimate of drug-likeness (QED) is 0.875. The van der Waals surface area contributed by atoms with Crippen molar-refractivity contribution < 1.29 is 28.2 Å².